The first kappa shape index (κ1) is 32.4. The molecule has 0 spiro atoms. The number of aliphatic hydroxyl groups is 1. The fourth-order valence-electron chi connectivity index (χ4n) is 5.91. The van der Waals surface area contributed by atoms with Crippen LogP contribution in [0.2, 0.25) is 0 Å². The Hall–Kier alpha value is -2.97. The van der Waals surface area contributed by atoms with E-state index in [2.05, 4.69) is 51.1 Å². The number of sulfone groups is 1. The lowest BCUT2D eigenvalue weighted by molar-refractivity contribution is -0.186. The van der Waals surface area contributed by atoms with Gasteiger partial charge in [-0.2, -0.15) is 4.98 Å². The van der Waals surface area contributed by atoms with Crippen molar-refractivity contribution in [2.24, 2.45) is 5.92 Å². The molecule has 228 valence electrons. The number of piperidine rings is 1. The maximum Gasteiger partial charge on any atom is 0.293 e. The SMILES string of the molecule is [B]C([B])([B])O[C@H]1[C@@H](O)CN(c2nccc(Nc3cc4c(C(C)C)ccc(N5C[C@H](CS(C)(=O)=O)[C@H]5C)c4cn3)n2)CC1(F)F. The third-order valence-corrected chi connectivity index (χ3v) is 9.09. The maximum absolute atomic E-state index is 14.9. The summed E-state index contributed by atoms with van der Waals surface area (Å²) >= 11 is 0. The first-order chi connectivity index (χ1) is 20.4. The highest BCUT2D eigenvalue weighted by Gasteiger charge is 2.52. The molecule has 5 rings (SSSR count). The van der Waals surface area contributed by atoms with Gasteiger partial charge in [-0.1, -0.05) is 19.9 Å². The second-order valence-corrected chi connectivity index (χ2v) is 14.3. The Kier molecular flexibility index (Phi) is 8.66. The molecule has 0 aliphatic carbocycles. The molecule has 2 aliphatic heterocycles. The number of hydrogen-bond donors (Lipinski definition) is 2. The molecule has 0 saturated carbocycles. The smallest absolute Gasteiger partial charge is 0.293 e. The Balaban J connectivity index is 1.38. The molecule has 16 heteroatoms. The molecule has 3 aromatic rings. The van der Waals surface area contributed by atoms with E-state index in [0.717, 1.165) is 26.9 Å². The van der Waals surface area contributed by atoms with E-state index in [1.54, 1.807) is 12.3 Å². The molecule has 2 fully saturated rings. The van der Waals surface area contributed by atoms with Crippen LogP contribution in [0, 0.1) is 5.92 Å². The first-order valence-electron chi connectivity index (χ1n) is 14.2. The predicted octanol–water partition coefficient (Wildman–Crippen LogP) is 2.08. The minimum absolute atomic E-state index is 0.0342. The summed E-state index contributed by atoms with van der Waals surface area (Å²) in [6.45, 7) is 5.73. The molecule has 44 heavy (non-hydrogen) atoms. The van der Waals surface area contributed by atoms with Crippen molar-refractivity contribution in [1.82, 2.24) is 15.0 Å². The van der Waals surface area contributed by atoms with Gasteiger partial charge in [0.1, 0.15) is 33.7 Å². The molecule has 2 aromatic heterocycles. The van der Waals surface area contributed by atoms with Gasteiger partial charge in [0.2, 0.25) is 5.95 Å². The minimum Gasteiger partial charge on any atom is -0.391 e. The van der Waals surface area contributed by atoms with Gasteiger partial charge in [0.15, 0.2) is 0 Å². The molecule has 2 N–H and O–H groups in total. The molecule has 0 amide bonds. The highest BCUT2D eigenvalue weighted by Crippen LogP contribution is 2.40. The van der Waals surface area contributed by atoms with Gasteiger partial charge in [0, 0.05) is 54.8 Å². The second kappa shape index (κ2) is 11.8. The van der Waals surface area contributed by atoms with Crippen molar-refractivity contribution < 1.29 is 27.0 Å². The number of halogens is 2. The average molecular weight is 620 g/mol. The lowest BCUT2D eigenvalue weighted by Gasteiger charge is -2.48. The number of nitrogens with zero attached hydrogens (tertiary/aromatic N) is 5. The summed E-state index contributed by atoms with van der Waals surface area (Å²) in [5, 5.41) is 13.1. The van der Waals surface area contributed by atoms with Crippen molar-refractivity contribution in [2.45, 2.75) is 56.2 Å². The standard InChI is InChI=1S/C28H33B3F2N6O4S/c1-15(2)18-5-6-21(39-11-17(16(39)3)13-44(4,41)42)20-10-35-24(9-19(18)20)36-23-7-8-34-26(37-23)38-12-22(40)25(27(32,33)14-38)43-28(29,30)31/h5-10,15-17,22,25,40H,11-14H2,1-4H3,(H,34,35,36,37)/t16-,17-,22+,25+/m1/s1. The van der Waals surface area contributed by atoms with Gasteiger partial charge < -0.3 is 25.0 Å². The molecule has 4 atom stereocenters. The number of β-amino-alcohol motifs (C(OH)–C–C–N with tert-alkyl or cyclic N) is 1. The van der Waals surface area contributed by atoms with Gasteiger partial charge >= 0.3 is 0 Å². The van der Waals surface area contributed by atoms with E-state index in [0.29, 0.717) is 18.2 Å². The van der Waals surface area contributed by atoms with Gasteiger partial charge in [-0.3, -0.25) is 0 Å². The van der Waals surface area contributed by atoms with Crippen LogP contribution in [0.5, 0.6) is 0 Å². The lowest BCUT2D eigenvalue weighted by atomic mass is 9.52. The number of aromatic nitrogens is 3. The summed E-state index contributed by atoms with van der Waals surface area (Å²) in [4.78, 5) is 16.5. The number of ether oxygens (including phenoxy) is 1. The Bertz CT molecular complexity index is 1650. The van der Waals surface area contributed by atoms with Crippen molar-refractivity contribution in [3.8, 4) is 0 Å². The fourth-order valence-corrected chi connectivity index (χ4v) is 7.07. The molecular formula is C28H33B3F2N6O4S. The van der Waals surface area contributed by atoms with E-state index in [9.17, 15) is 22.3 Å². The van der Waals surface area contributed by atoms with Crippen LogP contribution in [0.3, 0.4) is 0 Å². The number of nitrogens with one attached hydrogen (secondary N) is 1. The summed E-state index contributed by atoms with van der Waals surface area (Å²) in [5.41, 5.74) is 2.09. The molecule has 0 bridgehead atoms. The topological polar surface area (TPSA) is 121 Å². The number of anilines is 4. The van der Waals surface area contributed by atoms with Crippen molar-refractivity contribution >= 4 is 67.4 Å². The molecule has 4 heterocycles. The Morgan fingerprint density at radius 3 is 2.50 bits per heavy atom. The third kappa shape index (κ3) is 6.97. The number of alkyl halides is 2. The normalized spacial score (nSPS) is 24.0. The van der Waals surface area contributed by atoms with Crippen molar-refractivity contribution in [3.63, 3.8) is 0 Å². The van der Waals surface area contributed by atoms with E-state index < -0.39 is 39.8 Å². The van der Waals surface area contributed by atoms with E-state index in [1.807, 2.05) is 13.0 Å². The van der Waals surface area contributed by atoms with E-state index in [-0.39, 0.29) is 36.1 Å². The molecule has 10 nitrogen and oxygen atoms in total. The van der Waals surface area contributed by atoms with Gasteiger partial charge in [-0.25, -0.2) is 27.2 Å². The number of pyridine rings is 1. The van der Waals surface area contributed by atoms with Gasteiger partial charge in [-0.15, -0.1) is 0 Å². The van der Waals surface area contributed by atoms with Crippen LogP contribution < -0.4 is 15.1 Å². The quantitative estimate of drug-likeness (QED) is 0.345. The van der Waals surface area contributed by atoms with Gasteiger partial charge in [0.05, 0.1) is 35.8 Å². The summed E-state index contributed by atoms with van der Waals surface area (Å²) in [6.07, 6.45) is 0.770. The maximum atomic E-state index is 14.9. The average Bonchev–Trinajstić information content (AvgIpc) is 2.91. The third-order valence-electron chi connectivity index (χ3n) is 8.05. The molecule has 1 aromatic carbocycles. The lowest BCUT2D eigenvalue weighted by Crippen LogP contribution is -2.63. The Morgan fingerprint density at radius 1 is 1.16 bits per heavy atom. The monoisotopic (exact) mass is 620 g/mol. The molecular weight excluding hydrogens is 587 g/mol. The van der Waals surface area contributed by atoms with Gasteiger partial charge in [0.25, 0.3) is 5.92 Å². The molecule has 6 radical (unpaired) electrons. The van der Waals surface area contributed by atoms with Crippen LogP contribution in [0.4, 0.5) is 32.1 Å². The molecule has 2 aliphatic rings. The number of fused-ring (bicyclic) bond motifs is 1. The highest BCUT2D eigenvalue weighted by atomic mass is 32.2. The number of rotatable bonds is 9. The van der Waals surface area contributed by atoms with Crippen LogP contribution in [0.25, 0.3) is 10.8 Å². The number of benzene rings is 1. The van der Waals surface area contributed by atoms with Crippen LogP contribution in [0.15, 0.2) is 36.7 Å². The highest BCUT2D eigenvalue weighted by molar-refractivity contribution is 7.90. The van der Waals surface area contributed by atoms with Crippen molar-refractivity contribution in [3.05, 3.63) is 42.2 Å². The van der Waals surface area contributed by atoms with Crippen LogP contribution >= 0.6 is 0 Å². The molecule has 0 unspecified atom stereocenters. The van der Waals surface area contributed by atoms with E-state index >= 15 is 0 Å². The molecule has 2 saturated heterocycles. The van der Waals surface area contributed by atoms with Crippen LogP contribution in [-0.4, -0.2) is 113 Å². The Labute approximate surface area is 260 Å². The predicted molar refractivity (Wildman–Crippen MR) is 169 cm³/mol. The van der Waals surface area contributed by atoms with Crippen molar-refractivity contribution in [2.75, 3.05) is 46.8 Å². The summed E-state index contributed by atoms with van der Waals surface area (Å²) in [7, 11) is 12.9. The van der Waals surface area contributed by atoms with Crippen LogP contribution in [-0.2, 0) is 14.6 Å². The van der Waals surface area contributed by atoms with E-state index in [1.165, 1.54) is 12.5 Å². The van der Waals surface area contributed by atoms with Crippen molar-refractivity contribution in [1.29, 1.82) is 0 Å². The number of aliphatic hydroxyl groups excluding tert-OH is 1. The largest absolute Gasteiger partial charge is 0.391 e. The summed E-state index contributed by atoms with van der Waals surface area (Å²) < 4.78 is 58.4. The number of hydrogen-bond acceptors (Lipinski definition) is 10. The zero-order valence-electron chi connectivity index (χ0n) is 25.0. The second-order valence-electron chi connectivity index (χ2n) is 12.2. The fraction of sp³-hybridized carbons (Fsp3) is 0.536. The Morgan fingerprint density at radius 2 is 1.89 bits per heavy atom. The van der Waals surface area contributed by atoms with Crippen LogP contribution in [0.1, 0.15) is 32.3 Å². The zero-order chi connectivity index (χ0) is 32.2. The van der Waals surface area contributed by atoms with E-state index in [4.69, 9.17) is 28.3 Å². The van der Waals surface area contributed by atoms with Gasteiger partial charge in [-0.05, 0) is 47.3 Å². The zero-order valence-corrected chi connectivity index (χ0v) is 25.8. The summed E-state index contributed by atoms with van der Waals surface area (Å²) in [6, 6.07) is 7.68. The first-order valence-corrected chi connectivity index (χ1v) is 16.3. The summed E-state index contributed by atoms with van der Waals surface area (Å²) in [5.74, 6) is -2.38. The minimum atomic E-state index is -3.56.